The maximum Gasteiger partial charge on any atom is 0.231 e. The van der Waals surface area contributed by atoms with Crippen molar-refractivity contribution in [1.82, 2.24) is 4.98 Å². The van der Waals surface area contributed by atoms with Crippen molar-refractivity contribution in [3.8, 4) is 11.5 Å². The molecule has 1 aromatic carbocycles. The van der Waals surface area contributed by atoms with Gasteiger partial charge in [0.1, 0.15) is 0 Å². The van der Waals surface area contributed by atoms with E-state index < -0.39 is 0 Å². The standard InChI is InChI=1S/C14H14N2O2/c1-10-2-4-12(8-15-10)16-7-11-3-5-13-14(6-11)18-9-17-13/h2-6,8,16H,7,9H2,1H3. The van der Waals surface area contributed by atoms with Crippen LogP contribution in [0.1, 0.15) is 11.3 Å². The van der Waals surface area contributed by atoms with Crippen molar-refractivity contribution in [3.05, 3.63) is 47.8 Å². The fraction of sp³-hybridized carbons (Fsp3) is 0.214. The number of nitrogens with one attached hydrogen (secondary N) is 1. The van der Waals surface area contributed by atoms with E-state index in [1.54, 1.807) is 0 Å². The van der Waals surface area contributed by atoms with Crippen molar-refractivity contribution in [2.24, 2.45) is 0 Å². The van der Waals surface area contributed by atoms with E-state index >= 15 is 0 Å². The molecule has 0 unspecified atom stereocenters. The van der Waals surface area contributed by atoms with Crippen molar-refractivity contribution >= 4 is 5.69 Å². The lowest BCUT2D eigenvalue weighted by molar-refractivity contribution is 0.174. The highest BCUT2D eigenvalue weighted by molar-refractivity contribution is 5.46. The number of benzene rings is 1. The summed E-state index contributed by atoms with van der Waals surface area (Å²) in [5.74, 6) is 1.63. The molecule has 18 heavy (non-hydrogen) atoms. The van der Waals surface area contributed by atoms with Crippen LogP contribution in [0.4, 0.5) is 5.69 Å². The van der Waals surface area contributed by atoms with Crippen molar-refractivity contribution in [2.45, 2.75) is 13.5 Å². The van der Waals surface area contributed by atoms with Gasteiger partial charge in [-0.2, -0.15) is 0 Å². The third kappa shape index (κ3) is 2.22. The quantitative estimate of drug-likeness (QED) is 0.898. The molecule has 0 bridgehead atoms. The van der Waals surface area contributed by atoms with Gasteiger partial charge < -0.3 is 14.8 Å². The Labute approximate surface area is 106 Å². The molecule has 1 aromatic heterocycles. The number of anilines is 1. The summed E-state index contributed by atoms with van der Waals surface area (Å²) in [5.41, 5.74) is 3.18. The molecule has 2 heterocycles. The Kier molecular flexibility index (Phi) is 2.76. The Bertz CT molecular complexity index is 552. The van der Waals surface area contributed by atoms with Gasteiger partial charge in [-0.05, 0) is 36.8 Å². The monoisotopic (exact) mass is 242 g/mol. The summed E-state index contributed by atoms with van der Waals surface area (Å²) in [7, 11) is 0. The van der Waals surface area contributed by atoms with Crippen LogP contribution in [0.25, 0.3) is 0 Å². The number of nitrogens with zero attached hydrogens (tertiary/aromatic N) is 1. The van der Waals surface area contributed by atoms with E-state index in [-0.39, 0.29) is 0 Å². The zero-order valence-corrected chi connectivity index (χ0v) is 10.1. The van der Waals surface area contributed by atoms with E-state index in [0.29, 0.717) is 6.79 Å². The van der Waals surface area contributed by atoms with Crippen LogP contribution in [0.3, 0.4) is 0 Å². The molecule has 0 fully saturated rings. The van der Waals surface area contributed by atoms with Crippen LogP contribution >= 0.6 is 0 Å². The molecule has 0 amide bonds. The number of rotatable bonds is 3. The average Bonchev–Trinajstić information content (AvgIpc) is 2.85. The second-order valence-corrected chi connectivity index (χ2v) is 4.23. The minimum absolute atomic E-state index is 0.314. The van der Waals surface area contributed by atoms with Gasteiger partial charge >= 0.3 is 0 Å². The third-order valence-corrected chi connectivity index (χ3v) is 2.84. The summed E-state index contributed by atoms with van der Waals surface area (Å²) < 4.78 is 10.6. The Morgan fingerprint density at radius 2 is 2.06 bits per heavy atom. The van der Waals surface area contributed by atoms with E-state index in [4.69, 9.17) is 9.47 Å². The van der Waals surface area contributed by atoms with E-state index in [0.717, 1.165) is 35.0 Å². The van der Waals surface area contributed by atoms with Crippen molar-refractivity contribution in [1.29, 1.82) is 0 Å². The smallest absolute Gasteiger partial charge is 0.231 e. The van der Waals surface area contributed by atoms with E-state index in [1.165, 1.54) is 0 Å². The molecular weight excluding hydrogens is 228 g/mol. The summed E-state index contributed by atoms with van der Waals surface area (Å²) >= 11 is 0. The number of pyridine rings is 1. The predicted molar refractivity (Wildman–Crippen MR) is 68.9 cm³/mol. The lowest BCUT2D eigenvalue weighted by atomic mass is 10.2. The van der Waals surface area contributed by atoms with Gasteiger partial charge in [-0.1, -0.05) is 6.07 Å². The Hall–Kier alpha value is -2.23. The van der Waals surface area contributed by atoms with Gasteiger partial charge in [-0.25, -0.2) is 0 Å². The maximum atomic E-state index is 5.34. The van der Waals surface area contributed by atoms with Crippen LogP contribution in [0.15, 0.2) is 36.5 Å². The number of ether oxygens (including phenoxy) is 2. The van der Waals surface area contributed by atoms with Crippen molar-refractivity contribution in [2.75, 3.05) is 12.1 Å². The molecule has 92 valence electrons. The van der Waals surface area contributed by atoms with Gasteiger partial charge in [-0.3, -0.25) is 4.98 Å². The minimum Gasteiger partial charge on any atom is -0.454 e. The molecule has 1 N–H and O–H groups in total. The summed E-state index contributed by atoms with van der Waals surface area (Å²) in [4.78, 5) is 4.24. The van der Waals surface area contributed by atoms with Gasteiger partial charge in [0.05, 0.1) is 11.9 Å². The zero-order chi connectivity index (χ0) is 12.4. The lowest BCUT2D eigenvalue weighted by Gasteiger charge is -2.07. The zero-order valence-electron chi connectivity index (χ0n) is 10.1. The normalized spacial score (nSPS) is 12.5. The fourth-order valence-corrected chi connectivity index (χ4v) is 1.83. The molecule has 0 saturated heterocycles. The molecule has 0 spiro atoms. The predicted octanol–water partition coefficient (Wildman–Crippen LogP) is 2.73. The Morgan fingerprint density at radius 3 is 2.89 bits per heavy atom. The molecule has 2 aromatic rings. The summed E-state index contributed by atoms with van der Waals surface area (Å²) in [6.45, 7) is 3.02. The number of fused-ring (bicyclic) bond motifs is 1. The van der Waals surface area contributed by atoms with E-state index in [2.05, 4.69) is 10.3 Å². The first-order valence-corrected chi connectivity index (χ1v) is 5.86. The molecule has 0 aliphatic carbocycles. The second kappa shape index (κ2) is 4.56. The number of hydrogen-bond acceptors (Lipinski definition) is 4. The highest BCUT2D eigenvalue weighted by Gasteiger charge is 2.12. The van der Waals surface area contributed by atoms with Gasteiger partial charge in [0, 0.05) is 12.2 Å². The molecule has 3 rings (SSSR count). The highest BCUT2D eigenvalue weighted by Crippen LogP contribution is 2.32. The van der Waals surface area contributed by atoms with E-state index in [9.17, 15) is 0 Å². The molecule has 1 aliphatic rings. The molecule has 4 heteroatoms. The first-order chi connectivity index (χ1) is 8.81. The van der Waals surface area contributed by atoms with Gasteiger partial charge in [-0.15, -0.1) is 0 Å². The second-order valence-electron chi connectivity index (χ2n) is 4.23. The van der Waals surface area contributed by atoms with E-state index in [1.807, 2.05) is 43.5 Å². The highest BCUT2D eigenvalue weighted by atomic mass is 16.7. The topological polar surface area (TPSA) is 43.4 Å². The van der Waals surface area contributed by atoms with Gasteiger partial charge in [0.25, 0.3) is 0 Å². The maximum absolute atomic E-state index is 5.34. The van der Waals surface area contributed by atoms with Crippen LogP contribution in [0, 0.1) is 6.92 Å². The summed E-state index contributed by atoms with van der Waals surface area (Å²) in [5, 5.41) is 3.32. The van der Waals surface area contributed by atoms with Crippen LogP contribution in [-0.2, 0) is 6.54 Å². The number of aromatic nitrogens is 1. The first kappa shape index (κ1) is 10.9. The molecule has 1 aliphatic heterocycles. The number of hydrogen-bond donors (Lipinski definition) is 1. The fourth-order valence-electron chi connectivity index (χ4n) is 1.83. The molecule has 0 saturated carbocycles. The SMILES string of the molecule is Cc1ccc(NCc2ccc3c(c2)OCO3)cn1. The molecule has 0 atom stereocenters. The van der Waals surface area contributed by atoms with Crippen molar-refractivity contribution in [3.63, 3.8) is 0 Å². The minimum atomic E-state index is 0.314. The summed E-state index contributed by atoms with van der Waals surface area (Å²) in [6, 6.07) is 9.98. The van der Waals surface area contributed by atoms with Crippen LogP contribution < -0.4 is 14.8 Å². The average molecular weight is 242 g/mol. The molecule has 0 radical (unpaired) electrons. The molecule has 4 nitrogen and oxygen atoms in total. The third-order valence-electron chi connectivity index (χ3n) is 2.84. The summed E-state index contributed by atoms with van der Waals surface area (Å²) in [6.07, 6.45) is 1.84. The largest absolute Gasteiger partial charge is 0.454 e. The lowest BCUT2D eigenvalue weighted by Crippen LogP contribution is -1.99. The Morgan fingerprint density at radius 1 is 1.17 bits per heavy atom. The number of aryl methyl sites for hydroxylation is 1. The Balaban J connectivity index is 1.68. The molecular formula is C14H14N2O2. The van der Waals surface area contributed by atoms with Crippen LogP contribution in [0.2, 0.25) is 0 Å². The van der Waals surface area contributed by atoms with Crippen LogP contribution in [-0.4, -0.2) is 11.8 Å². The van der Waals surface area contributed by atoms with Gasteiger partial charge in [0.2, 0.25) is 6.79 Å². The van der Waals surface area contributed by atoms with Crippen LogP contribution in [0.5, 0.6) is 11.5 Å². The van der Waals surface area contributed by atoms with Crippen molar-refractivity contribution < 1.29 is 9.47 Å². The van der Waals surface area contributed by atoms with Gasteiger partial charge in [0.15, 0.2) is 11.5 Å². The first-order valence-electron chi connectivity index (χ1n) is 5.86.